The van der Waals surface area contributed by atoms with Gasteiger partial charge in [-0.25, -0.2) is 4.79 Å². The molecule has 1 amide bonds. The number of carboxylic acid groups (broad SMARTS) is 1. The van der Waals surface area contributed by atoms with E-state index in [4.69, 9.17) is 9.84 Å². The summed E-state index contributed by atoms with van der Waals surface area (Å²) in [5.41, 5.74) is 2.30. The number of nitrogens with zero attached hydrogens (tertiary/aromatic N) is 1. The summed E-state index contributed by atoms with van der Waals surface area (Å²) < 4.78 is 5.57. The number of morpholine rings is 1. The van der Waals surface area contributed by atoms with E-state index in [-0.39, 0.29) is 17.5 Å². The second kappa shape index (κ2) is 7.94. The van der Waals surface area contributed by atoms with E-state index in [0.717, 1.165) is 11.1 Å². The minimum Gasteiger partial charge on any atom is -0.478 e. The predicted octanol–water partition coefficient (Wildman–Crippen LogP) is 2.92. The fourth-order valence-electron chi connectivity index (χ4n) is 3.06. The zero-order valence-electron chi connectivity index (χ0n) is 13.9. The van der Waals surface area contributed by atoms with Gasteiger partial charge in [-0.2, -0.15) is 0 Å². The van der Waals surface area contributed by atoms with Crippen LogP contribution in [0.5, 0.6) is 0 Å². The van der Waals surface area contributed by atoms with Crippen LogP contribution in [0.2, 0.25) is 0 Å². The average Bonchev–Trinajstić information content (AvgIpc) is 2.67. The van der Waals surface area contributed by atoms with Gasteiger partial charge in [-0.05, 0) is 29.7 Å². The van der Waals surface area contributed by atoms with Crippen LogP contribution < -0.4 is 0 Å². The fraction of sp³-hybridized carbons (Fsp3) is 0.300. The van der Waals surface area contributed by atoms with Crippen LogP contribution in [-0.2, 0) is 16.0 Å². The summed E-state index contributed by atoms with van der Waals surface area (Å²) in [6.07, 6.45) is 0.993. The summed E-state index contributed by atoms with van der Waals surface area (Å²) in [4.78, 5) is 25.5. The minimum absolute atomic E-state index is 0.0446. The van der Waals surface area contributed by atoms with E-state index in [0.29, 0.717) is 32.6 Å². The molecule has 1 aliphatic heterocycles. The highest BCUT2D eigenvalue weighted by molar-refractivity contribution is 5.87. The number of aryl methyl sites for hydroxylation is 1. The topological polar surface area (TPSA) is 66.8 Å². The molecule has 1 atom stereocenters. The molecule has 5 nitrogen and oxygen atoms in total. The van der Waals surface area contributed by atoms with Crippen LogP contribution >= 0.6 is 0 Å². The zero-order valence-corrected chi connectivity index (χ0v) is 13.9. The Morgan fingerprint density at radius 1 is 1.08 bits per heavy atom. The van der Waals surface area contributed by atoms with Crippen molar-refractivity contribution in [3.8, 4) is 0 Å². The van der Waals surface area contributed by atoms with Crippen molar-refractivity contribution >= 4 is 11.9 Å². The number of carbonyl (C=O) groups is 2. The van der Waals surface area contributed by atoms with Crippen LogP contribution in [0.1, 0.15) is 33.9 Å². The first-order valence-electron chi connectivity index (χ1n) is 8.39. The molecule has 1 fully saturated rings. The molecule has 5 heteroatoms. The van der Waals surface area contributed by atoms with Crippen molar-refractivity contribution in [3.05, 3.63) is 71.3 Å². The highest BCUT2D eigenvalue weighted by Gasteiger charge is 2.28. The molecule has 0 aromatic heterocycles. The Balaban J connectivity index is 1.63. The Kier molecular flexibility index (Phi) is 5.46. The minimum atomic E-state index is -0.943. The van der Waals surface area contributed by atoms with Crippen molar-refractivity contribution in [1.82, 2.24) is 4.90 Å². The molecular weight excluding hydrogens is 318 g/mol. The third-order valence-electron chi connectivity index (χ3n) is 4.46. The van der Waals surface area contributed by atoms with Crippen LogP contribution in [0.15, 0.2) is 54.6 Å². The highest BCUT2D eigenvalue weighted by Crippen LogP contribution is 2.25. The number of carbonyl (C=O) groups excluding carboxylic acids is 1. The highest BCUT2D eigenvalue weighted by atomic mass is 16.5. The maximum atomic E-state index is 12.7. The molecule has 1 heterocycles. The van der Waals surface area contributed by atoms with Crippen molar-refractivity contribution in [2.45, 2.75) is 18.9 Å². The molecule has 3 rings (SSSR count). The van der Waals surface area contributed by atoms with Gasteiger partial charge in [0.2, 0.25) is 5.91 Å². The molecule has 130 valence electrons. The van der Waals surface area contributed by atoms with Crippen molar-refractivity contribution in [3.63, 3.8) is 0 Å². The number of rotatable bonds is 5. The van der Waals surface area contributed by atoms with Crippen LogP contribution in [0.25, 0.3) is 0 Å². The summed E-state index contributed by atoms with van der Waals surface area (Å²) in [5.74, 6) is -0.846. The number of amides is 1. The molecular formula is C20H21NO4. The molecule has 25 heavy (non-hydrogen) atoms. The summed E-state index contributed by atoms with van der Waals surface area (Å²) >= 11 is 0. The normalized spacial score (nSPS) is 17.3. The molecule has 1 aliphatic rings. The van der Waals surface area contributed by atoms with E-state index in [2.05, 4.69) is 0 Å². The lowest BCUT2D eigenvalue weighted by Gasteiger charge is -2.36. The van der Waals surface area contributed by atoms with E-state index in [1.54, 1.807) is 24.3 Å². The smallest absolute Gasteiger partial charge is 0.335 e. The second-order valence-electron chi connectivity index (χ2n) is 6.09. The second-order valence-corrected chi connectivity index (χ2v) is 6.09. The van der Waals surface area contributed by atoms with Gasteiger partial charge in [0.25, 0.3) is 0 Å². The van der Waals surface area contributed by atoms with Gasteiger partial charge in [0.05, 0.1) is 24.8 Å². The zero-order chi connectivity index (χ0) is 17.6. The van der Waals surface area contributed by atoms with Crippen molar-refractivity contribution < 1.29 is 19.4 Å². The molecule has 1 saturated heterocycles. The third kappa shape index (κ3) is 4.25. The molecule has 2 aromatic rings. The molecule has 0 spiro atoms. The van der Waals surface area contributed by atoms with Crippen molar-refractivity contribution in [2.75, 3.05) is 19.8 Å². The summed E-state index contributed by atoms with van der Waals surface area (Å²) in [6.45, 7) is 1.67. The van der Waals surface area contributed by atoms with Crippen LogP contribution in [-0.4, -0.2) is 41.6 Å². The Hall–Kier alpha value is -2.66. The van der Waals surface area contributed by atoms with E-state index in [1.165, 1.54) is 0 Å². The van der Waals surface area contributed by atoms with Crippen LogP contribution in [0, 0.1) is 0 Å². The van der Waals surface area contributed by atoms with Crippen LogP contribution in [0.3, 0.4) is 0 Å². The Morgan fingerprint density at radius 3 is 2.48 bits per heavy atom. The predicted molar refractivity (Wildman–Crippen MR) is 93.4 cm³/mol. The Morgan fingerprint density at radius 2 is 1.80 bits per heavy atom. The van der Waals surface area contributed by atoms with Gasteiger partial charge in [-0.3, -0.25) is 4.79 Å². The molecule has 0 saturated carbocycles. The first-order valence-corrected chi connectivity index (χ1v) is 8.39. The Labute approximate surface area is 146 Å². The standard InChI is InChI=1S/C20H21NO4/c22-19(11-8-15-6-9-17(10-7-15)20(23)24)21-12-13-25-14-18(21)16-4-2-1-3-5-16/h1-7,9-10,18H,8,11-14H2,(H,23,24)/t18-/m1/s1. The Bertz CT molecular complexity index is 727. The lowest BCUT2D eigenvalue weighted by atomic mass is 10.0. The third-order valence-corrected chi connectivity index (χ3v) is 4.46. The lowest BCUT2D eigenvalue weighted by Crippen LogP contribution is -2.43. The average molecular weight is 339 g/mol. The fourth-order valence-corrected chi connectivity index (χ4v) is 3.06. The number of benzene rings is 2. The van der Waals surface area contributed by atoms with Gasteiger partial charge in [0, 0.05) is 13.0 Å². The molecule has 1 N–H and O–H groups in total. The molecule has 0 aliphatic carbocycles. The van der Waals surface area contributed by atoms with Gasteiger partial charge in [-0.15, -0.1) is 0 Å². The van der Waals surface area contributed by atoms with Crippen LogP contribution in [0.4, 0.5) is 0 Å². The summed E-state index contributed by atoms with van der Waals surface area (Å²) in [5, 5.41) is 8.93. The number of hydrogen-bond donors (Lipinski definition) is 1. The maximum Gasteiger partial charge on any atom is 0.335 e. The molecule has 0 bridgehead atoms. The van der Waals surface area contributed by atoms with Crippen molar-refractivity contribution in [1.29, 1.82) is 0 Å². The number of carboxylic acids is 1. The molecule has 0 radical (unpaired) electrons. The van der Waals surface area contributed by atoms with Gasteiger partial charge in [0.15, 0.2) is 0 Å². The first-order chi connectivity index (χ1) is 12.1. The first kappa shape index (κ1) is 17.2. The molecule has 2 aromatic carbocycles. The number of hydrogen-bond acceptors (Lipinski definition) is 3. The van der Waals surface area contributed by atoms with Crippen molar-refractivity contribution in [2.24, 2.45) is 0 Å². The summed E-state index contributed by atoms with van der Waals surface area (Å²) in [6, 6.07) is 16.6. The summed E-state index contributed by atoms with van der Waals surface area (Å²) in [7, 11) is 0. The van der Waals surface area contributed by atoms with E-state index < -0.39 is 5.97 Å². The van der Waals surface area contributed by atoms with E-state index in [1.807, 2.05) is 35.2 Å². The number of ether oxygens (including phenoxy) is 1. The van der Waals surface area contributed by atoms with E-state index >= 15 is 0 Å². The van der Waals surface area contributed by atoms with Gasteiger partial charge in [0.1, 0.15) is 0 Å². The number of aromatic carboxylic acids is 1. The lowest BCUT2D eigenvalue weighted by molar-refractivity contribution is -0.140. The van der Waals surface area contributed by atoms with Gasteiger partial charge >= 0.3 is 5.97 Å². The SMILES string of the molecule is O=C(O)c1ccc(CCC(=O)N2CCOC[C@@H]2c2ccccc2)cc1. The quantitative estimate of drug-likeness (QED) is 0.909. The van der Waals surface area contributed by atoms with Gasteiger partial charge in [-0.1, -0.05) is 42.5 Å². The molecule has 0 unspecified atom stereocenters. The van der Waals surface area contributed by atoms with E-state index in [9.17, 15) is 9.59 Å². The van der Waals surface area contributed by atoms with Gasteiger partial charge < -0.3 is 14.7 Å². The maximum absolute atomic E-state index is 12.7. The monoisotopic (exact) mass is 339 g/mol. The largest absolute Gasteiger partial charge is 0.478 e.